The van der Waals surface area contributed by atoms with Crippen LogP contribution in [0, 0.1) is 6.92 Å². The molecule has 0 spiro atoms. The van der Waals surface area contributed by atoms with E-state index >= 15 is 0 Å². The molecular formula is C21H18N4O3. The zero-order valence-electron chi connectivity index (χ0n) is 15.2. The van der Waals surface area contributed by atoms with Crippen LogP contribution in [-0.2, 0) is 16.9 Å². The van der Waals surface area contributed by atoms with Crippen LogP contribution in [0.5, 0.6) is 0 Å². The topological polar surface area (TPSA) is 93.1 Å². The second-order valence-corrected chi connectivity index (χ2v) is 6.73. The lowest BCUT2D eigenvalue weighted by atomic mass is 9.88. The summed E-state index contributed by atoms with van der Waals surface area (Å²) in [5.41, 5.74) is 1.27. The lowest BCUT2D eigenvalue weighted by Gasteiger charge is -2.27. The van der Waals surface area contributed by atoms with Gasteiger partial charge in [-0.25, -0.2) is 4.79 Å². The molecule has 1 aliphatic rings. The van der Waals surface area contributed by atoms with E-state index in [4.69, 9.17) is 0 Å². The predicted molar refractivity (Wildman–Crippen MR) is 103 cm³/mol. The number of carbonyl (C=O) groups excluding carboxylic acids is 2. The first-order valence-electron chi connectivity index (χ1n) is 8.81. The number of imide groups is 1. The van der Waals surface area contributed by atoms with E-state index in [1.165, 1.54) is 4.57 Å². The molecule has 0 radical (unpaired) electrons. The highest BCUT2D eigenvalue weighted by Gasteiger charge is 2.48. The summed E-state index contributed by atoms with van der Waals surface area (Å²) in [4.78, 5) is 41.5. The maximum atomic E-state index is 12.7. The Morgan fingerprint density at radius 3 is 2.43 bits per heavy atom. The Bertz CT molecular complexity index is 1110. The van der Waals surface area contributed by atoms with Gasteiger partial charge in [-0.05, 0) is 30.7 Å². The molecule has 1 saturated heterocycles. The van der Waals surface area contributed by atoms with Crippen molar-refractivity contribution in [2.45, 2.75) is 19.0 Å². The number of aromatic nitrogens is 2. The summed E-state index contributed by atoms with van der Waals surface area (Å²) in [6.07, 6.45) is 3.32. The van der Waals surface area contributed by atoms with Gasteiger partial charge in [0.2, 0.25) is 0 Å². The van der Waals surface area contributed by atoms with Crippen LogP contribution in [-0.4, -0.2) is 21.5 Å². The van der Waals surface area contributed by atoms with Crippen LogP contribution in [0.25, 0.3) is 11.3 Å². The van der Waals surface area contributed by atoms with Crippen molar-refractivity contribution >= 4 is 11.9 Å². The molecule has 3 amide bonds. The third-order valence-electron chi connectivity index (χ3n) is 4.90. The molecule has 1 aromatic carbocycles. The number of nitrogens with zero attached hydrogens (tertiary/aromatic N) is 2. The normalized spacial score (nSPS) is 18.6. The molecule has 3 heterocycles. The van der Waals surface area contributed by atoms with Gasteiger partial charge in [0.25, 0.3) is 11.5 Å². The van der Waals surface area contributed by atoms with Crippen molar-refractivity contribution in [2.75, 3.05) is 0 Å². The van der Waals surface area contributed by atoms with E-state index in [0.29, 0.717) is 11.1 Å². The van der Waals surface area contributed by atoms with Gasteiger partial charge in [-0.3, -0.25) is 19.9 Å². The number of hydrogen-bond donors (Lipinski definition) is 2. The van der Waals surface area contributed by atoms with E-state index in [1.807, 2.05) is 30.3 Å². The van der Waals surface area contributed by atoms with Gasteiger partial charge in [-0.2, -0.15) is 0 Å². The van der Waals surface area contributed by atoms with E-state index in [9.17, 15) is 14.4 Å². The molecule has 2 N–H and O–H groups in total. The molecule has 0 bridgehead atoms. The standard InChI is InChI=1S/C21H18N4O3/c1-14-5-4-12-25(18(14)26)13-21(19(27)23-20(28)24-21)16-9-7-15(8-10-16)17-6-2-3-11-22-17/h2-12H,13H2,1H3,(H2,23,24,27,28). The first kappa shape index (κ1) is 17.7. The van der Waals surface area contributed by atoms with Crippen LogP contribution < -0.4 is 16.2 Å². The lowest BCUT2D eigenvalue weighted by molar-refractivity contribution is -0.124. The second-order valence-electron chi connectivity index (χ2n) is 6.73. The first-order chi connectivity index (χ1) is 13.5. The number of benzene rings is 1. The fraction of sp³-hybridized carbons (Fsp3) is 0.143. The highest BCUT2D eigenvalue weighted by molar-refractivity contribution is 6.07. The number of pyridine rings is 2. The van der Waals surface area contributed by atoms with Crippen LogP contribution in [0.3, 0.4) is 0 Å². The summed E-state index contributed by atoms with van der Waals surface area (Å²) in [6.45, 7) is 1.70. The quantitative estimate of drug-likeness (QED) is 0.683. The second kappa shape index (κ2) is 6.77. The van der Waals surface area contributed by atoms with Gasteiger partial charge in [0.1, 0.15) is 0 Å². The zero-order chi connectivity index (χ0) is 19.7. The van der Waals surface area contributed by atoms with Gasteiger partial charge in [0.05, 0.1) is 12.2 Å². The van der Waals surface area contributed by atoms with Crippen LogP contribution >= 0.6 is 0 Å². The lowest BCUT2D eigenvalue weighted by Crippen LogP contribution is -2.49. The van der Waals surface area contributed by atoms with Crippen LogP contribution in [0.4, 0.5) is 4.79 Å². The Morgan fingerprint density at radius 1 is 1.00 bits per heavy atom. The van der Waals surface area contributed by atoms with Crippen molar-refractivity contribution in [1.29, 1.82) is 0 Å². The molecule has 1 fully saturated rings. The number of nitrogens with one attached hydrogen (secondary N) is 2. The average molecular weight is 374 g/mol. The van der Waals surface area contributed by atoms with Crippen molar-refractivity contribution in [3.63, 3.8) is 0 Å². The smallest absolute Gasteiger partial charge is 0.318 e. The average Bonchev–Trinajstić information content (AvgIpc) is 3.00. The van der Waals surface area contributed by atoms with Crippen LogP contribution in [0.15, 0.2) is 71.8 Å². The summed E-state index contributed by atoms with van der Waals surface area (Å²) in [6, 6.07) is 15.7. The molecular weight excluding hydrogens is 356 g/mol. The van der Waals surface area contributed by atoms with Gasteiger partial charge in [0, 0.05) is 23.5 Å². The Labute approximate surface area is 161 Å². The summed E-state index contributed by atoms with van der Waals surface area (Å²) in [5, 5.41) is 5.00. The van der Waals surface area contributed by atoms with Crippen molar-refractivity contribution in [1.82, 2.24) is 20.2 Å². The Hall–Kier alpha value is -3.74. The van der Waals surface area contributed by atoms with E-state index in [-0.39, 0.29) is 12.1 Å². The third-order valence-corrected chi connectivity index (χ3v) is 4.90. The minimum absolute atomic E-state index is 0.00593. The highest BCUT2D eigenvalue weighted by atomic mass is 16.2. The summed E-state index contributed by atoms with van der Waals surface area (Å²) in [7, 11) is 0. The fourth-order valence-electron chi connectivity index (χ4n) is 3.39. The van der Waals surface area contributed by atoms with Gasteiger partial charge in [0.15, 0.2) is 5.54 Å². The van der Waals surface area contributed by atoms with Crippen LogP contribution in [0.1, 0.15) is 11.1 Å². The molecule has 1 unspecified atom stereocenters. The maximum absolute atomic E-state index is 12.7. The molecule has 3 aromatic rings. The first-order valence-corrected chi connectivity index (χ1v) is 8.81. The number of carbonyl (C=O) groups is 2. The summed E-state index contributed by atoms with van der Waals surface area (Å²) >= 11 is 0. The Kier molecular flexibility index (Phi) is 4.27. The van der Waals surface area contributed by atoms with Crippen LogP contribution in [0.2, 0.25) is 0 Å². The molecule has 140 valence electrons. The van der Waals surface area contributed by atoms with Gasteiger partial charge < -0.3 is 9.88 Å². The molecule has 7 nitrogen and oxygen atoms in total. The molecule has 28 heavy (non-hydrogen) atoms. The number of hydrogen-bond acceptors (Lipinski definition) is 4. The monoisotopic (exact) mass is 374 g/mol. The van der Waals surface area contributed by atoms with E-state index in [2.05, 4.69) is 15.6 Å². The molecule has 4 rings (SSSR count). The SMILES string of the molecule is Cc1cccn(CC2(c3ccc(-c4ccccn4)cc3)NC(=O)NC2=O)c1=O. The Balaban J connectivity index is 1.77. The minimum Gasteiger partial charge on any atom is -0.318 e. The molecule has 2 aromatic heterocycles. The zero-order valence-corrected chi connectivity index (χ0v) is 15.2. The molecule has 0 aliphatic carbocycles. The summed E-state index contributed by atoms with van der Waals surface area (Å²) < 4.78 is 1.44. The summed E-state index contributed by atoms with van der Waals surface area (Å²) in [5.74, 6) is -0.489. The number of rotatable bonds is 4. The Morgan fingerprint density at radius 2 is 1.79 bits per heavy atom. The predicted octanol–water partition coefficient (Wildman–Crippen LogP) is 1.95. The minimum atomic E-state index is -1.36. The van der Waals surface area contributed by atoms with Gasteiger partial charge in [-0.15, -0.1) is 0 Å². The molecule has 1 aliphatic heterocycles. The van der Waals surface area contributed by atoms with E-state index < -0.39 is 17.5 Å². The third kappa shape index (κ3) is 2.96. The largest absolute Gasteiger partial charge is 0.322 e. The van der Waals surface area contributed by atoms with Crippen molar-refractivity contribution in [3.8, 4) is 11.3 Å². The van der Waals surface area contributed by atoms with Crippen molar-refractivity contribution < 1.29 is 9.59 Å². The molecule has 7 heteroatoms. The van der Waals surface area contributed by atoms with E-state index in [1.54, 1.807) is 43.6 Å². The molecule has 1 atom stereocenters. The number of aryl methyl sites for hydroxylation is 1. The van der Waals surface area contributed by atoms with Crippen molar-refractivity contribution in [2.24, 2.45) is 0 Å². The van der Waals surface area contributed by atoms with Crippen molar-refractivity contribution in [3.05, 3.63) is 88.5 Å². The maximum Gasteiger partial charge on any atom is 0.322 e. The number of urea groups is 1. The fourth-order valence-corrected chi connectivity index (χ4v) is 3.39. The van der Waals surface area contributed by atoms with Gasteiger partial charge >= 0.3 is 6.03 Å². The van der Waals surface area contributed by atoms with E-state index in [0.717, 1.165) is 11.3 Å². The molecule has 0 saturated carbocycles. The highest BCUT2D eigenvalue weighted by Crippen LogP contribution is 2.29. The number of amides is 3. The van der Waals surface area contributed by atoms with Gasteiger partial charge in [-0.1, -0.05) is 36.4 Å².